The monoisotopic (exact) mass is 403 g/mol. The van der Waals surface area contributed by atoms with E-state index in [0.717, 1.165) is 22.4 Å². The van der Waals surface area contributed by atoms with E-state index in [2.05, 4.69) is 31.0 Å². The summed E-state index contributed by atoms with van der Waals surface area (Å²) in [6.45, 7) is 5.65. The van der Waals surface area contributed by atoms with Gasteiger partial charge in [-0.25, -0.2) is 0 Å². The summed E-state index contributed by atoms with van der Waals surface area (Å²) in [6, 6.07) is 15.0. The zero-order chi connectivity index (χ0) is 21.1. The standard InChI is InChI=1S/C21H21N7O2/c1-13-4-8-17(9-5-13)20-23-21(30-25-20)14(2)22-19(29)12-16-6-10-18(11-7-16)28-15(3)24-26-27-28/h4-11,14H,12H2,1-3H3,(H,22,29)/t14-/m0/s1. The van der Waals surface area contributed by atoms with Crippen LogP contribution < -0.4 is 5.32 Å². The molecular formula is C21H21N7O2. The highest BCUT2D eigenvalue weighted by Gasteiger charge is 2.17. The summed E-state index contributed by atoms with van der Waals surface area (Å²) in [7, 11) is 0. The van der Waals surface area contributed by atoms with E-state index in [-0.39, 0.29) is 12.3 Å². The molecule has 0 radical (unpaired) electrons. The molecule has 0 aliphatic rings. The molecule has 0 bridgehead atoms. The Balaban J connectivity index is 1.37. The van der Waals surface area contributed by atoms with E-state index in [4.69, 9.17) is 4.52 Å². The summed E-state index contributed by atoms with van der Waals surface area (Å²) in [5.74, 6) is 1.42. The molecule has 0 spiro atoms. The number of amides is 1. The molecule has 0 unspecified atom stereocenters. The number of carbonyl (C=O) groups excluding carboxylic acids is 1. The zero-order valence-electron chi connectivity index (χ0n) is 16.9. The van der Waals surface area contributed by atoms with Crippen molar-refractivity contribution in [2.24, 2.45) is 0 Å². The fraction of sp³-hybridized carbons (Fsp3) is 0.238. The van der Waals surface area contributed by atoms with Crippen molar-refractivity contribution in [2.45, 2.75) is 33.2 Å². The predicted molar refractivity (Wildman–Crippen MR) is 109 cm³/mol. The summed E-state index contributed by atoms with van der Waals surface area (Å²) in [6.07, 6.45) is 0.234. The number of nitrogens with one attached hydrogen (secondary N) is 1. The van der Waals surface area contributed by atoms with Crippen LogP contribution >= 0.6 is 0 Å². The second kappa shape index (κ2) is 8.24. The molecule has 0 aliphatic heterocycles. The first kappa shape index (κ1) is 19.4. The highest BCUT2D eigenvalue weighted by atomic mass is 16.5. The molecule has 4 rings (SSSR count). The number of aromatic nitrogens is 6. The first-order valence-electron chi connectivity index (χ1n) is 9.54. The Bertz CT molecular complexity index is 1150. The van der Waals surface area contributed by atoms with Gasteiger partial charge >= 0.3 is 0 Å². The van der Waals surface area contributed by atoms with E-state index < -0.39 is 6.04 Å². The lowest BCUT2D eigenvalue weighted by atomic mass is 10.1. The van der Waals surface area contributed by atoms with Crippen LogP contribution in [0.4, 0.5) is 0 Å². The molecule has 0 saturated heterocycles. The molecule has 152 valence electrons. The molecule has 0 aliphatic carbocycles. The van der Waals surface area contributed by atoms with Crippen molar-refractivity contribution in [1.29, 1.82) is 0 Å². The van der Waals surface area contributed by atoms with Crippen molar-refractivity contribution in [2.75, 3.05) is 0 Å². The minimum absolute atomic E-state index is 0.135. The third kappa shape index (κ3) is 4.24. The lowest BCUT2D eigenvalue weighted by Gasteiger charge is -2.10. The summed E-state index contributed by atoms with van der Waals surface area (Å²) in [5.41, 5.74) is 3.74. The number of aryl methyl sites for hydroxylation is 2. The minimum Gasteiger partial charge on any atom is -0.344 e. The summed E-state index contributed by atoms with van der Waals surface area (Å²) in [4.78, 5) is 16.8. The van der Waals surface area contributed by atoms with Gasteiger partial charge in [-0.15, -0.1) is 5.10 Å². The molecular weight excluding hydrogens is 382 g/mol. The van der Waals surface area contributed by atoms with Gasteiger partial charge < -0.3 is 9.84 Å². The second-order valence-electron chi connectivity index (χ2n) is 7.09. The molecule has 9 heteroatoms. The Labute approximate surface area is 173 Å². The van der Waals surface area contributed by atoms with E-state index in [1.54, 1.807) is 4.68 Å². The molecule has 2 aromatic carbocycles. The average Bonchev–Trinajstić information content (AvgIpc) is 3.39. The number of benzene rings is 2. The van der Waals surface area contributed by atoms with Crippen LogP contribution in [0.5, 0.6) is 0 Å². The van der Waals surface area contributed by atoms with Crippen molar-refractivity contribution in [3.05, 3.63) is 71.4 Å². The minimum atomic E-state index is -0.396. The number of hydrogen-bond acceptors (Lipinski definition) is 7. The molecule has 1 N–H and O–H groups in total. The second-order valence-corrected chi connectivity index (χ2v) is 7.09. The van der Waals surface area contributed by atoms with Gasteiger partial charge in [-0.05, 0) is 48.9 Å². The molecule has 1 atom stereocenters. The third-order valence-corrected chi connectivity index (χ3v) is 4.67. The Hall–Kier alpha value is -3.88. The summed E-state index contributed by atoms with van der Waals surface area (Å²) in [5, 5.41) is 18.3. The van der Waals surface area contributed by atoms with Crippen molar-refractivity contribution in [3.8, 4) is 17.1 Å². The van der Waals surface area contributed by atoms with E-state index in [9.17, 15) is 4.79 Å². The van der Waals surface area contributed by atoms with Crippen molar-refractivity contribution in [3.63, 3.8) is 0 Å². The first-order valence-corrected chi connectivity index (χ1v) is 9.54. The number of rotatable bonds is 6. The van der Waals surface area contributed by atoms with E-state index in [1.165, 1.54) is 0 Å². The average molecular weight is 403 g/mol. The van der Waals surface area contributed by atoms with Crippen LogP contribution in [0.2, 0.25) is 0 Å². The molecule has 2 heterocycles. The quantitative estimate of drug-likeness (QED) is 0.527. The van der Waals surface area contributed by atoms with Gasteiger partial charge in [-0.3, -0.25) is 4.79 Å². The predicted octanol–water partition coefficient (Wildman–Crippen LogP) is 2.75. The first-order chi connectivity index (χ1) is 14.5. The molecule has 1 amide bonds. The number of hydrogen-bond donors (Lipinski definition) is 1. The Kier molecular flexibility index (Phi) is 5.34. The number of nitrogens with zero attached hydrogens (tertiary/aromatic N) is 6. The van der Waals surface area contributed by atoms with Crippen LogP contribution in [0, 0.1) is 13.8 Å². The maximum absolute atomic E-state index is 12.4. The van der Waals surface area contributed by atoms with Crippen molar-refractivity contribution < 1.29 is 9.32 Å². The fourth-order valence-corrected chi connectivity index (χ4v) is 3.00. The van der Waals surface area contributed by atoms with Gasteiger partial charge in [0.05, 0.1) is 12.1 Å². The van der Waals surface area contributed by atoms with Crippen LogP contribution in [0.25, 0.3) is 17.1 Å². The zero-order valence-corrected chi connectivity index (χ0v) is 16.9. The van der Waals surface area contributed by atoms with Crippen LogP contribution in [0.1, 0.15) is 35.8 Å². The normalized spacial score (nSPS) is 12.0. The van der Waals surface area contributed by atoms with Gasteiger partial charge in [-0.1, -0.05) is 47.1 Å². The SMILES string of the molecule is Cc1ccc(-c2noc([C@H](C)NC(=O)Cc3ccc(-n4nnnc4C)cc3)n2)cc1. The summed E-state index contributed by atoms with van der Waals surface area (Å²) < 4.78 is 6.97. The Morgan fingerprint density at radius 2 is 1.83 bits per heavy atom. The highest BCUT2D eigenvalue weighted by molar-refractivity contribution is 5.79. The van der Waals surface area contributed by atoms with Crippen molar-refractivity contribution in [1.82, 2.24) is 35.7 Å². The lowest BCUT2D eigenvalue weighted by molar-refractivity contribution is -0.121. The third-order valence-electron chi connectivity index (χ3n) is 4.67. The fourth-order valence-electron chi connectivity index (χ4n) is 3.00. The van der Waals surface area contributed by atoms with Gasteiger partial charge in [-0.2, -0.15) is 9.67 Å². The van der Waals surface area contributed by atoms with Gasteiger partial charge in [0.2, 0.25) is 17.6 Å². The van der Waals surface area contributed by atoms with E-state index in [1.807, 2.05) is 69.3 Å². The molecule has 0 fully saturated rings. The van der Waals surface area contributed by atoms with E-state index in [0.29, 0.717) is 17.5 Å². The smallest absolute Gasteiger partial charge is 0.249 e. The number of carbonyl (C=O) groups is 1. The largest absolute Gasteiger partial charge is 0.344 e. The molecule has 30 heavy (non-hydrogen) atoms. The molecule has 4 aromatic rings. The Morgan fingerprint density at radius 1 is 1.10 bits per heavy atom. The lowest BCUT2D eigenvalue weighted by Crippen LogP contribution is -2.28. The van der Waals surface area contributed by atoms with Gasteiger partial charge in [0, 0.05) is 5.56 Å². The van der Waals surface area contributed by atoms with E-state index >= 15 is 0 Å². The maximum Gasteiger partial charge on any atom is 0.249 e. The van der Waals surface area contributed by atoms with Crippen LogP contribution in [-0.4, -0.2) is 36.3 Å². The maximum atomic E-state index is 12.4. The molecule has 9 nitrogen and oxygen atoms in total. The van der Waals surface area contributed by atoms with Crippen molar-refractivity contribution >= 4 is 5.91 Å². The summed E-state index contributed by atoms with van der Waals surface area (Å²) >= 11 is 0. The van der Waals surface area contributed by atoms with Crippen LogP contribution in [-0.2, 0) is 11.2 Å². The number of tetrazole rings is 1. The molecule has 0 saturated carbocycles. The van der Waals surface area contributed by atoms with Gasteiger partial charge in [0.15, 0.2) is 5.82 Å². The topological polar surface area (TPSA) is 112 Å². The van der Waals surface area contributed by atoms with Gasteiger partial charge in [0.25, 0.3) is 0 Å². The Morgan fingerprint density at radius 3 is 2.50 bits per heavy atom. The molecule has 2 aromatic heterocycles. The van der Waals surface area contributed by atoms with Crippen LogP contribution in [0.15, 0.2) is 53.1 Å². The van der Waals surface area contributed by atoms with Crippen LogP contribution in [0.3, 0.4) is 0 Å². The highest BCUT2D eigenvalue weighted by Crippen LogP contribution is 2.19. The van der Waals surface area contributed by atoms with Gasteiger partial charge in [0.1, 0.15) is 6.04 Å².